The van der Waals surface area contributed by atoms with Gasteiger partial charge in [-0.25, -0.2) is 0 Å². The van der Waals surface area contributed by atoms with Crippen LogP contribution in [0.2, 0.25) is 5.02 Å². The van der Waals surface area contributed by atoms with Gasteiger partial charge in [0.2, 0.25) is 0 Å². The van der Waals surface area contributed by atoms with Gasteiger partial charge in [-0.3, -0.25) is 0 Å². The van der Waals surface area contributed by atoms with Gasteiger partial charge in [0, 0.05) is 17.6 Å². The van der Waals surface area contributed by atoms with Crippen LogP contribution in [0.15, 0.2) is 48.5 Å². The zero-order valence-electron chi connectivity index (χ0n) is 12.6. The lowest BCUT2D eigenvalue weighted by atomic mass is 10.2. The Bertz CT molecular complexity index is 571. The first-order valence-corrected chi connectivity index (χ1v) is 7.74. The summed E-state index contributed by atoms with van der Waals surface area (Å²) < 4.78 is 5.83. The molecule has 0 saturated carbocycles. The Kier molecular flexibility index (Phi) is 6.09. The number of benzene rings is 2. The van der Waals surface area contributed by atoms with Gasteiger partial charge in [0.15, 0.2) is 0 Å². The zero-order valence-corrected chi connectivity index (χ0v) is 13.4. The molecular weight excluding hydrogens is 282 g/mol. The highest BCUT2D eigenvalue weighted by Crippen LogP contribution is 2.17. The van der Waals surface area contributed by atoms with E-state index in [0.29, 0.717) is 12.6 Å². The lowest BCUT2D eigenvalue weighted by molar-refractivity contribution is 0.306. The monoisotopic (exact) mass is 303 g/mol. The average molecular weight is 304 g/mol. The maximum absolute atomic E-state index is 5.97. The molecule has 0 saturated heterocycles. The Morgan fingerprint density at radius 3 is 2.62 bits per heavy atom. The van der Waals surface area contributed by atoms with Crippen LogP contribution >= 0.6 is 11.6 Å². The van der Waals surface area contributed by atoms with Crippen LogP contribution in [0.4, 0.5) is 0 Å². The van der Waals surface area contributed by atoms with Crippen molar-refractivity contribution in [3.63, 3.8) is 0 Å². The van der Waals surface area contributed by atoms with Gasteiger partial charge >= 0.3 is 0 Å². The molecule has 0 amide bonds. The van der Waals surface area contributed by atoms with Gasteiger partial charge < -0.3 is 10.1 Å². The molecule has 21 heavy (non-hydrogen) atoms. The molecule has 0 unspecified atom stereocenters. The van der Waals surface area contributed by atoms with E-state index in [9.17, 15) is 0 Å². The van der Waals surface area contributed by atoms with E-state index in [-0.39, 0.29) is 0 Å². The minimum Gasteiger partial charge on any atom is -0.489 e. The van der Waals surface area contributed by atoms with Crippen molar-refractivity contribution >= 4 is 11.6 Å². The molecule has 0 bridgehead atoms. The predicted molar refractivity (Wildman–Crippen MR) is 88.8 cm³/mol. The minimum atomic E-state index is 0.529. The minimum absolute atomic E-state index is 0.529. The smallest absolute Gasteiger partial charge is 0.120 e. The quantitative estimate of drug-likeness (QED) is 0.793. The van der Waals surface area contributed by atoms with E-state index in [0.717, 1.165) is 29.3 Å². The fourth-order valence-electron chi connectivity index (χ4n) is 1.98. The molecule has 2 nitrogen and oxygen atoms in total. The molecule has 112 valence electrons. The number of ether oxygens (including phenoxy) is 1. The first kappa shape index (κ1) is 15.9. The molecule has 0 aliphatic heterocycles. The maximum atomic E-state index is 5.97. The van der Waals surface area contributed by atoms with Crippen LogP contribution in [0.25, 0.3) is 0 Å². The van der Waals surface area contributed by atoms with E-state index in [2.05, 4.69) is 31.3 Å². The molecular formula is C18H22ClNO. The molecule has 2 rings (SSSR count). The van der Waals surface area contributed by atoms with Crippen LogP contribution in [-0.2, 0) is 13.2 Å². The molecule has 0 aliphatic rings. The lowest BCUT2D eigenvalue weighted by Gasteiger charge is -2.12. The maximum Gasteiger partial charge on any atom is 0.120 e. The van der Waals surface area contributed by atoms with Crippen molar-refractivity contribution in [2.45, 2.75) is 39.5 Å². The predicted octanol–water partition coefficient (Wildman–Crippen LogP) is 4.81. The summed E-state index contributed by atoms with van der Waals surface area (Å²) in [7, 11) is 0. The van der Waals surface area contributed by atoms with Crippen LogP contribution < -0.4 is 10.1 Å². The SMILES string of the molecule is CC[C@@H](C)NCc1cccc(OCc2cccc(Cl)c2)c1. The lowest BCUT2D eigenvalue weighted by Crippen LogP contribution is -2.24. The average Bonchev–Trinajstić information content (AvgIpc) is 2.51. The molecule has 0 fully saturated rings. The molecule has 0 radical (unpaired) electrons. The van der Waals surface area contributed by atoms with Gasteiger partial charge in [-0.05, 0) is 48.7 Å². The molecule has 1 N–H and O–H groups in total. The van der Waals surface area contributed by atoms with Crippen LogP contribution in [-0.4, -0.2) is 6.04 Å². The summed E-state index contributed by atoms with van der Waals surface area (Å²) in [6.07, 6.45) is 1.13. The van der Waals surface area contributed by atoms with Gasteiger partial charge in [0.05, 0.1) is 0 Å². The van der Waals surface area contributed by atoms with E-state index in [1.165, 1.54) is 5.56 Å². The van der Waals surface area contributed by atoms with Crippen molar-refractivity contribution in [1.29, 1.82) is 0 Å². The summed E-state index contributed by atoms with van der Waals surface area (Å²) in [4.78, 5) is 0. The van der Waals surface area contributed by atoms with Crippen molar-refractivity contribution in [2.75, 3.05) is 0 Å². The third-order valence-electron chi connectivity index (χ3n) is 3.46. The second-order valence-corrected chi connectivity index (χ2v) is 5.69. The Morgan fingerprint density at radius 2 is 1.86 bits per heavy atom. The largest absolute Gasteiger partial charge is 0.489 e. The molecule has 2 aromatic rings. The topological polar surface area (TPSA) is 21.3 Å². The van der Waals surface area contributed by atoms with Crippen molar-refractivity contribution in [1.82, 2.24) is 5.32 Å². The second-order valence-electron chi connectivity index (χ2n) is 5.26. The molecule has 0 aliphatic carbocycles. The van der Waals surface area contributed by atoms with Crippen molar-refractivity contribution in [3.8, 4) is 5.75 Å². The number of hydrogen-bond donors (Lipinski definition) is 1. The molecule has 0 heterocycles. The van der Waals surface area contributed by atoms with E-state index >= 15 is 0 Å². The van der Waals surface area contributed by atoms with Gasteiger partial charge in [-0.1, -0.05) is 42.8 Å². The Balaban J connectivity index is 1.91. The highest BCUT2D eigenvalue weighted by atomic mass is 35.5. The van der Waals surface area contributed by atoms with Gasteiger partial charge in [-0.15, -0.1) is 0 Å². The van der Waals surface area contributed by atoms with E-state index < -0.39 is 0 Å². The number of rotatable bonds is 7. The number of halogens is 1. The Hall–Kier alpha value is -1.51. The van der Waals surface area contributed by atoms with Crippen LogP contribution in [0.1, 0.15) is 31.4 Å². The summed E-state index contributed by atoms with van der Waals surface area (Å²) in [5.41, 5.74) is 2.31. The summed E-state index contributed by atoms with van der Waals surface area (Å²) >= 11 is 5.97. The third kappa shape index (κ3) is 5.41. The van der Waals surface area contributed by atoms with Crippen LogP contribution in [0, 0.1) is 0 Å². The summed E-state index contributed by atoms with van der Waals surface area (Å²) in [6.45, 7) is 5.77. The number of hydrogen-bond acceptors (Lipinski definition) is 2. The number of nitrogens with one attached hydrogen (secondary N) is 1. The second kappa shape index (κ2) is 8.06. The fraction of sp³-hybridized carbons (Fsp3) is 0.333. The zero-order chi connectivity index (χ0) is 15.1. The molecule has 0 spiro atoms. The molecule has 3 heteroatoms. The van der Waals surface area contributed by atoms with Gasteiger partial charge in [-0.2, -0.15) is 0 Å². The first-order chi connectivity index (χ1) is 10.2. The van der Waals surface area contributed by atoms with Crippen LogP contribution in [0.5, 0.6) is 5.75 Å². The first-order valence-electron chi connectivity index (χ1n) is 7.37. The normalized spacial score (nSPS) is 12.1. The Morgan fingerprint density at radius 1 is 1.10 bits per heavy atom. The molecule has 2 aromatic carbocycles. The summed E-state index contributed by atoms with van der Waals surface area (Å²) in [5, 5.41) is 4.22. The van der Waals surface area contributed by atoms with E-state index in [1.807, 2.05) is 36.4 Å². The summed E-state index contributed by atoms with van der Waals surface area (Å²) in [5.74, 6) is 0.887. The highest BCUT2D eigenvalue weighted by Gasteiger charge is 2.01. The van der Waals surface area contributed by atoms with Gasteiger partial charge in [0.25, 0.3) is 0 Å². The van der Waals surface area contributed by atoms with Gasteiger partial charge in [0.1, 0.15) is 12.4 Å². The standard InChI is InChI=1S/C18H22ClNO/c1-3-14(2)20-12-15-6-5-9-18(11-15)21-13-16-7-4-8-17(19)10-16/h4-11,14,20H,3,12-13H2,1-2H3/t14-/m1/s1. The Labute approximate surface area is 132 Å². The van der Waals surface area contributed by atoms with Crippen molar-refractivity contribution in [2.24, 2.45) is 0 Å². The van der Waals surface area contributed by atoms with Crippen molar-refractivity contribution < 1.29 is 4.74 Å². The van der Waals surface area contributed by atoms with Crippen LogP contribution in [0.3, 0.4) is 0 Å². The van der Waals surface area contributed by atoms with Crippen molar-refractivity contribution in [3.05, 3.63) is 64.7 Å². The summed E-state index contributed by atoms with van der Waals surface area (Å²) in [6, 6.07) is 16.5. The van der Waals surface area contributed by atoms with E-state index in [4.69, 9.17) is 16.3 Å². The molecule has 1 atom stereocenters. The highest BCUT2D eigenvalue weighted by molar-refractivity contribution is 6.30. The fourth-order valence-corrected chi connectivity index (χ4v) is 2.19. The van der Waals surface area contributed by atoms with E-state index in [1.54, 1.807) is 0 Å². The third-order valence-corrected chi connectivity index (χ3v) is 3.70. The molecule has 0 aromatic heterocycles.